The molecule has 0 heterocycles. The summed E-state index contributed by atoms with van der Waals surface area (Å²) >= 11 is 0. The lowest BCUT2D eigenvalue weighted by molar-refractivity contribution is 1.59. The molecule has 0 bridgehead atoms. The highest BCUT2D eigenvalue weighted by Gasteiger charge is 1.91. The van der Waals surface area contributed by atoms with Crippen LogP contribution in [0, 0.1) is 22.9 Å². The molecule has 0 aliphatic rings. The maximum absolute atomic E-state index is 3.09. The van der Waals surface area contributed by atoms with Crippen LogP contribution in [0.15, 0.2) is 24.3 Å². The van der Waals surface area contributed by atoms with Gasteiger partial charge in [0.2, 0.25) is 0 Å². The zero-order chi connectivity index (χ0) is 8.81. The van der Waals surface area contributed by atoms with Gasteiger partial charge in [-0.3, -0.25) is 0 Å². The van der Waals surface area contributed by atoms with E-state index in [1.807, 2.05) is 24.3 Å². The second-order valence-electron chi connectivity index (χ2n) is 2.30. The summed E-state index contributed by atoms with van der Waals surface area (Å²) in [5.74, 6) is 6.17. The first-order valence-corrected chi connectivity index (χ1v) is 5.83. The molecule has 1 rings (SSSR count). The molecule has 0 unspecified atom stereocenters. The minimum absolute atomic E-state index is 0.925. The van der Waals surface area contributed by atoms with Crippen molar-refractivity contribution in [3.05, 3.63) is 35.4 Å². The van der Waals surface area contributed by atoms with Crippen LogP contribution in [0.1, 0.15) is 11.1 Å². The Balaban J connectivity index is 3.20. The standard InChI is InChI=1S/C10H10Si2/c11-7-5-9-3-1-2-4-10(9)6-8-12/h1-4H,11-12H3. The lowest BCUT2D eigenvalue weighted by Gasteiger charge is -1.93. The van der Waals surface area contributed by atoms with E-state index in [1.165, 1.54) is 0 Å². The Morgan fingerprint density at radius 1 is 0.833 bits per heavy atom. The van der Waals surface area contributed by atoms with Gasteiger partial charge in [-0.2, -0.15) is 0 Å². The van der Waals surface area contributed by atoms with Gasteiger partial charge in [0.1, 0.15) is 0 Å². The molecule has 1 aromatic carbocycles. The molecule has 0 amide bonds. The Kier molecular flexibility index (Phi) is 3.41. The van der Waals surface area contributed by atoms with E-state index in [1.54, 1.807) is 0 Å². The van der Waals surface area contributed by atoms with Gasteiger partial charge in [0, 0.05) is 11.1 Å². The fourth-order valence-corrected chi connectivity index (χ4v) is 1.51. The van der Waals surface area contributed by atoms with Crippen molar-refractivity contribution in [2.45, 2.75) is 0 Å². The number of rotatable bonds is 0. The molecular weight excluding hydrogens is 176 g/mol. The first kappa shape index (κ1) is 8.87. The van der Waals surface area contributed by atoms with E-state index in [-0.39, 0.29) is 0 Å². The molecule has 0 saturated heterocycles. The average molecular weight is 186 g/mol. The summed E-state index contributed by atoms with van der Waals surface area (Å²) in [6.45, 7) is 0. The highest BCUT2D eigenvalue weighted by atomic mass is 28.1. The van der Waals surface area contributed by atoms with Crippen molar-refractivity contribution in [3.63, 3.8) is 0 Å². The monoisotopic (exact) mass is 186 g/mol. The molecule has 0 aromatic heterocycles. The molecular formula is C10H10Si2. The molecule has 58 valence electrons. The van der Waals surface area contributed by atoms with Crippen molar-refractivity contribution in [2.75, 3.05) is 0 Å². The van der Waals surface area contributed by atoms with Crippen LogP contribution in [-0.4, -0.2) is 20.5 Å². The molecule has 0 aliphatic heterocycles. The Morgan fingerprint density at radius 3 is 1.58 bits per heavy atom. The Morgan fingerprint density at radius 2 is 1.25 bits per heavy atom. The Labute approximate surface area is 79.2 Å². The molecule has 0 N–H and O–H groups in total. The molecule has 0 atom stereocenters. The predicted octanol–water partition coefficient (Wildman–Crippen LogP) is -0.965. The zero-order valence-electron chi connectivity index (χ0n) is 7.31. The number of hydrogen-bond acceptors (Lipinski definition) is 0. The van der Waals surface area contributed by atoms with Gasteiger partial charge in [0.05, 0.1) is 20.5 Å². The third-order valence-corrected chi connectivity index (χ3v) is 1.95. The zero-order valence-corrected chi connectivity index (χ0v) is 11.3. The second kappa shape index (κ2) is 4.61. The maximum atomic E-state index is 3.09. The van der Waals surface area contributed by atoms with Gasteiger partial charge in [-0.1, -0.05) is 24.0 Å². The van der Waals surface area contributed by atoms with Gasteiger partial charge in [0.15, 0.2) is 0 Å². The van der Waals surface area contributed by atoms with Crippen LogP contribution in [0.4, 0.5) is 0 Å². The molecule has 0 aliphatic carbocycles. The summed E-state index contributed by atoms with van der Waals surface area (Å²) in [5.41, 5.74) is 8.16. The van der Waals surface area contributed by atoms with E-state index in [4.69, 9.17) is 0 Å². The lowest BCUT2D eigenvalue weighted by Crippen LogP contribution is -1.81. The SMILES string of the molecule is [SiH3]C#Cc1ccccc1C#C[SiH3]. The molecule has 0 fully saturated rings. The van der Waals surface area contributed by atoms with E-state index >= 15 is 0 Å². The third-order valence-electron chi connectivity index (χ3n) is 1.45. The van der Waals surface area contributed by atoms with E-state index in [9.17, 15) is 0 Å². The number of hydrogen-bond donors (Lipinski definition) is 0. The van der Waals surface area contributed by atoms with Crippen LogP contribution in [-0.2, 0) is 0 Å². The van der Waals surface area contributed by atoms with E-state index < -0.39 is 0 Å². The average Bonchev–Trinajstić information content (AvgIpc) is 2.09. The largest absolute Gasteiger partial charge is 0.138 e. The summed E-state index contributed by atoms with van der Waals surface area (Å²) in [7, 11) is 1.85. The summed E-state index contributed by atoms with van der Waals surface area (Å²) in [4.78, 5) is 0. The van der Waals surface area contributed by atoms with Gasteiger partial charge in [-0.05, 0) is 12.1 Å². The van der Waals surface area contributed by atoms with Crippen LogP contribution < -0.4 is 0 Å². The van der Waals surface area contributed by atoms with Crippen LogP contribution in [0.3, 0.4) is 0 Å². The molecule has 1 aromatic rings. The quantitative estimate of drug-likeness (QED) is 0.361. The van der Waals surface area contributed by atoms with Gasteiger partial charge in [-0.25, -0.2) is 0 Å². The molecule has 0 nitrogen and oxygen atoms in total. The van der Waals surface area contributed by atoms with E-state index in [0.29, 0.717) is 0 Å². The van der Waals surface area contributed by atoms with Crippen molar-refractivity contribution < 1.29 is 0 Å². The molecule has 0 saturated carbocycles. The summed E-state index contributed by atoms with van der Waals surface area (Å²) in [5, 5.41) is 0. The smallest absolute Gasteiger partial charge is 0.0911 e. The number of benzene rings is 1. The lowest BCUT2D eigenvalue weighted by atomic mass is 10.1. The first-order valence-electron chi connectivity index (χ1n) is 3.83. The van der Waals surface area contributed by atoms with Crippen molar-refractivity contribution in [1.82, 2.24) is 0 Å². The van der Waals surface area contributed by atoms with Crippen molar-refractivity contribution >= 4 is 20.5 Å². The highest BCUT2D eigenvalue weighted by Crippen LogP contribution is 2.04. The highest BCUT2D eigenvalue weighted by molar-refractivity contribution is 6.22. The minimum Gasteiger partial charge on any atom is -0.138 e. The Hall–Kier alpha value is -1.23. The second-order valence-corrected chi connectivity index (χ2v) is 3.30. The Bertz CT molecular complexity index is 347. The topological polar surface area (TPSA) is 0 Å². The van der Waals surface area contributed by atoms with Crippen LogP contribution in [0.5, 0.6) is 0 Å². The molecule has 0 radical (unpaired) electrons. The fraction of sp³-hybridized carbons (Fsp3) is 0. The molecule has 12 heavy (non-hydrogen) atoms. The third kappa shape index (κ3) is 2.13. The van der Waals surface area contributed by atoms with Crippen molar-refractivity contribution in [2.24, 2.45) is 0 Å². The summed E-state index contributed by atoms with van der Waals surface area (Å²) < 4.78 is 0. The molecule has 0 spiro atoms. The van der Waals surface area contributed by atoms with Crippen molar-refractivity contribution in [3.8, 4) is 22.9 Å². The first-order chi connectivity index (χ1) is 5.88. The normalized spacial score (nSPS) is 8.00. The van der Waals surface area contributed by atoms with E-state index in [0.717, 1.165) is 31.6 Å². The van der Waals surface area contributed by atoms with Gasteiger partial charge in [0.25, 0.3) is 0 Å². The van der Waals surface area contributed by atoms with Gasteiger partial charge >= 0.3 is 0 Å². The van der Waals surface area contributed by atoms with Crippen molar-refractivity contribution in [1.29, 1.82) is 0 Å². The van der Waals surface area contributed by atoms with Crippen LogP contribution in [0.2, 0.25) is 0 Å². The van der Waals surface area contributed by atoms with Gasteiger partial charge < -0.3 is 0 Å². The summed E-state index contributed by atoms with van der Waals surface area (Å²) in [6.07, 6.45) is 0. The minimum atomic E-state index is 0.925. The summed E-state index contributed by atoms with van der Waals surface area (Å²) in [6, 6.07) is 8.04. The van der Waals surface area contributed by atoms with Crippen LogP contribution >= 0.6 is 0 Å². The maximum Gasteiger partial charge on any atom is 0.0911 e. The van der Waals surface area contributed by atoms with Crippen LogP contribution in [0.25, 0.3) is 0 Å². The fourth-order valence-electron chi connectivity index (χ4n) is 0.970. The van der Waals surface area contributed by atoms with E-state index in [2.05, 4.69) is 22.9 Å². The van der Waals surface area contributed by atoms with Gasteiger partial charge in [-0.15, -0.1) is 11.1 Å². The predicted molar refractivity (Wildman–Crippen MR) is 60.1 cm³/mol. The molecule has 2 heteroatoms.